The van der Waals surface area contributed by atoms with E-state index in [1.54, 1.807) is 0 Å². The van der Waals surface area contributed by atoms with E-state index in [1.165, 1.54) is 56.9 Å². The molecule has 33 heavy (non-hydrogen) atoms. The second kappa shape index (κ2) is 13.5. The molecule has 3 aromatic rings. The van der Waals surface area contributed by atoms with Gasteiger partial charge in [0.2, 0.25) is 0 Å². The highest BCUT2D eigenvalue weighted by atomic mass is 16.4. The van der Waals surface area contributed by atoms with E-state index in [-0.39, 0.29) is 6.42 Å². The number of benzene rings is 2. The molecular weight excluding hydrogens is 408 g/mol. The van der Waals surface area contributed by atoms with Crippen molar-refractivity contribution in [2.75, 3.05) is 0 Å². The summed E-state index contributed by atoms with van der Waals surface area (Å²) in [5, 5.41) is 8.82. The zero-order chi connectivity index (χ0) is 23.3. The van der Waals surface area contributed by atoms with Crippen LogP contribution in [0.5, 0.6) is 0 Å². The van der Waals surface area contributed by atoms with Gasteiger partial charge in [-0.2, -0.15) is 0 Å². The SMILES string of the molecule is CCCCCCCCCCc1cnc(-c2ccc(-c3ccc(CCC(=O)O)cc3)cc2)nc1. The molecule has 2 aromatic carbocycles. The van der Waals surface area contributed by atoms with Crippen molar-refractivity contribution in [3.8, 4) is 22.5 Å². The molecule has 0 aliphatic carbocycles. The molecule has 0 fully saturated rings. The number of hydrogen-bond donors (Lipinski definition) is 1. The Hall–Kier alpha value is -3.01. The van der Waals surface area contributed by atoms with Crippen LogP contribution in [-0.4, -0.2) is 21.0 Å². The van der Waals surface area contributed by atoms with Crippen molar-refractivity contribution >= 4 is 5.97 Å². The minimum Gasteiger partial charge on any atom is -0.481 e. The van der Waals surface area contributed by atoms with Crippen LogP contribution in [0.4, 0.5) is 0 Å². The Labute approximate surface area is 198 Å². The summed E-state index contributed by atoms with van der Waals surface area (Å²) in [6, 6.07) is 16.4. The number of aliphatic carboxylic acids is 1. The Kier molecular flexibility index (Phi) is 10.1. The molecule has 0 amide bonds. The third-order valence-corrected chi connectivity index (χ3v) is 6.08. The summed E-state index contributed by atoms with van der Waals surface area (Å²) in [5.74, 6) is -0.0108. The Morgan fingerprint density at radius 1 is 0.667 bits per heavy atom. The summed E-state index contributed by atoms with van der Waals surface area (Å²) >= 11 is 0. The smallest absolute Gasteiger partial charge is 0.303 e. The second-order valence-electron chi connectivity index (χ2n) is 8.81. The molecule has 3 rings (SSSR count). The van der Waals surface area contributed by atoms with Crippen molar-refractivity contribution in [1.82, 2.24) is 9.97 Å². The third-order valence-electron chi connectivity index (χ3n) is 6.08. The molecule has 0 radical (unpaired) electrons. The molecule has 0 atom stereocenters. The van der Waals surface area contributed by atoms with Crippen molar-refractivity contribution < 1.29 is 9.90 Å². The summed E-state index contributed by atoms with van der Waals surface area (Å²) in [7, 11) is 0. The Morgan fingerprint density at radius 3 is 1.76 bits per heavy atom. The number of carboxylic acid groups (broad SMARTS) is 1. The number of aromatic nitrogens is 2. The first-order valence-corrected chi connectivity index (χ1v) is 12.4. The van der Waals surface area contributed by atoms with E-state index in [0.717, 1.165) is 34.5 Å². The van der Waals surface area contributed by atoms with Crippen LogP contribution in [0.3, 0.4) is 0 Å². The lowest BCUT2D eigenvalue weighted by Gasteiger charge is -2.06. The molecule has 0 aliphatic heterocycles. The maximum absolute atomic E-state index is 10.7. The highest BCUT2D eigenvalue weighted by Gasteiger charge is 2.05. The molecule has 0 spiro atoms. The second-order valence-corrected chi connectivity index (χ2v) is 8.81. The van der Waals surface area contributed by atoms with Crippen molar-refractivity contribution in [2.45, 2.75) is 77.6 Å². The highest BCUT2D eigenvalue weighted by Crippen LogP contribution is 2.24. The van der Waals surface area contributed by atoms with Crippen LogP contribution in [0, 0.1) is 0 Å². The van der Waals surface area contributed by atoms with Gasteiger partial charge in [0.1, 0.15) is 0 Å². The molecule has 0 unspecified atom stereocenters. The van der Waals surface area contributed by atoms with Gasteiger partial charge in [-0.1, -0.05) is 100 Å². The Balaban J connectivity index is 1.47. The largest absolute Gasteiger partial charge is 0.481 e. The van der Waals surface area contributed by atoms with E-state index in [0.29, 0.717) is 6.42 Å². The topological polar surface area (TPSA) is 63.1 Å². The fourth-order valence-corrected chi connectivity index (χ4v) is 4.02. The van der Waals surface area contributed by atoms with E-state index in [1.807, 2.05) is 36.7 Å². The number of carbonyl (C=O) groups is 1. The zero-order valence-corrected chi connectivity index (χ0v) is 19.8. The van der Waals surface area contributed by atoms with Gasteiger partial charge in [0.25, 0.3) is 0 Å². The van der Waals surface area contributed by atoms with Crippen LogP contribution in [0.1, 0.15) is 75.8 Å². The van der Waals surface area contributed by atoms with Gasteiger partial charge in [0.05, 0.1) is 0 Å². The van der Waals surface area contributed by atoms with Gasteiger partial charge in [-0.25, -0.2) is 9.97 Å². The lowest BCUT2D eigenvalue weighted by molar-refractivity contribution is -0.136. The van der Waals surface area contributed by atoms with E-state index < -0.39 is 5.97 Å². The lowest BCUT2D eigenvalue weighted by atomic mass is 10.0. The van der Waals surface area contributed by atoms with Gasteiger partial charge < -0.3 is 5.11 Å². The minimum atomic E-state index is -0.766. The monoisotopic (exact) mass is 444 g/mol. The average molecular weight is 445 g/mol. The van der Waals surface area contributed by atoms with Crippen molar-refractivity contribution in [3.63, 3.8) is 0 Å². The Bertz CT molecular complexity index is 964. The molecule has 0 bridgehead atoms. The number of aryl methyl sites for hydroxylation is 2. The van der Waals surface area contributed by atoms with Crippen LogP contribution in [-0.2, 0) is 17.6 Å². The first-order chi connectivity index (χ1) is 16.2. The predicted octanol–water partition coefficient (Wildman–Crippen LogP) is 7.51. The fraction of sp³-hybridized carbons (Fsp3) is 0.414. The summed E-state index contributed by atoms with van der Waals surface area (Å²) < 4.78 is 0. The van der Waals surface area contributed by atoms with Crippen molar-refractivity contribution in [3.05, 3.63) is 72.1 Å². The zero-order valence-electron chi connectivity index (χ0n) is 19.8. The standard InChI is InChI=1S/C29H36N2O2/c1-2-3-4-5-6-7-8-9-10-24-21-30-29(31-22-24)27-18-16-26(17-19-27)25-14-11-23(12-15-25)13-20-28(32)33/h11-12,14-19,21-22H,2-10,13,20H2,1H3,(H,32,33). The van der Waals surface area contributed by atoms with Gasteiger partial charge in [0, 0.05) is 24.4 Å². The molecular formula is C29H36N2O2. The molecule has 1 heterocycles. The van der Waals surface area contributed by atoms with Gasteiger partial charge in [-0.3, -0.25) is 4.79 Å². The number of hydrogen-bond acceptors (Lipinski definition) is 3. The van der Waals surface area contributed by atoms with Gasteiger partial charge in [-0.05, 0) is 41.5 Å². The first kappa shape index (κ1) is 24.6. The molecule has 4 heteroatoms. The van der Waals surface area contributed by atoms with Crippen molar-refractivity contribution in [2.24, 2.45) is 0 Å². The highest BCUT2D eigenvalue weighted by molar-refractivity contribution is 5.69. The van der Waals surface area contributed by atoms with Crippen LogP contribution in [0.15, 0.2) is 60.9 Å². The number of unbranched alkanes of at least 4 members (excludes halogenated alkanes) is 7. The molecule has 0 saturated heterocycles. The summed E-state index contributed by atoms with van der Waals surface area (Å²) in [6.45, 7) is 2.26. The van der Waals surface area contributed by atoms with Crippen LogP contribution in [0.25, 0.3) is 22.5 Å². The number of rotatable bonds is 14. The van der Waals surface area contributed by atoms with Gasteiger partial charge in [0.15, 0.2) is 5.82 Å². The van der Waals surface area contributed by atoms with E-state index in [9.17, 15) is 4.79 Å². The summed E-state index contributed by atoms with van der Waals surface area (Å²) in [6.07, 6.45) is 16.3. The van der Waals surface area contributed by atoms with Crippen LogP contribution in [0.2, 0.25) is 0 Å². The molecule has 174 valence electrons. The fourth-order valence-electron chi connectivity index (χ4n) is 4.02. The molecule has 4 nitrogen and oxygen atoms in total. The molecule has 1 aromatic heterocycles. The van der Waals surface area contributed by atoms with Gasteiger partial charge in [-0.15, -0.1) is 0 Å². The maximum Gasteiger partial charge on any atom is 0.303 e. The third kappa shape index (κ3) is 8.45. The predicted molar refractivity (Wildman–Crippen MR) is 135 cm³/mol. The van der Waals surface area contributed by atoms with E-state index in [2.05, 4.69) is 41.2 Å². The van der Waals surface area contributed by atoms with E-state index >= 15 is 0 Å². The average Bonchev–Trinajstić information content (AvgIpc) is 2.85. The molecule has 1 N–H and O–H groups in total. The molecule has 0 saturated carbocycles. The lowest BCUT2D eigenvalue weighted by Crippen LogP contribution is -1.97. The number of carboxylic acids is 1. The molecule has 0 aliphatic rings. The minimum absolute atomic E-state index is 0.159. The maximum atomic E-state index is 10.7. The van der Waals surface area contributed by atoms with E-state index in [4.69, 9.17) is 5.11 Å². The van der Waals surface area contributed by atoms with Crippen molar-refractivity contribution in [1.29, 1.82) is 0 Å². The first-order valence-electron chi connectivity index (χ1n) is 12.4. The summed E-state index contributed by atoms with van der Waals surface area (Å²) in [5.41, 5.74) is 5.50. The van der Waals surface area contributed by atoms with Crippen LogP contribution >= 0.6 is 0 Å². The summed E-state index contributed by atoms with van der Waals surface area (Å²) in [4.78, 5) is 19.9. The van der Waals surface area contributed by atoms with Gasteiger partial charge >= 0.3 is 5.97 Å². The van der Waals surface area contributed by atoms with Crippen LogP contribution < -0.4 is 0 Å². The normalized spacial score (nSPS) is 10.9. The Morgan fingerprint density at radius 2 is 1.18 bits per heavy atom. The number of nitrogens with zero attached hydrogens (tertiary/aromatic N) is 2. The quantitative estimate of drug-likeness (QED) is 0.261.